The van der Waals surface area contributed by atoms with Crippen molar-refractivity contribution in [1.82, 2.24) is 9.97 Å². The van der Waals surface area contributed by atoms with Crippen LogP contribution in [-0.2, 0) is 0 Å². The summed E-state index contributed by atoms with van der Waals surface area (Å²) in [5.74, 6) is 0.778. The average Bonchev–Trinajstić information content (AvgIpc) is 2.76. The van der Waals surface area contributed by atoms with Crippen molar-refractivity contribution < 1.29 is 0 Å². The number of hydrogen-bond donors (Lipinski definition) is 2. The van der Waals surface area contributed by atoms with E-state index < -0.39 is 0 Å². The number of nitrogens with one attached hydrogen (secondary N) is 1. The molecule has 0 saturated heterocycles. The zero-order chi connectivity index (χ0) is 13.6. The van der Waals surface area contributed by atoms with Gasteiger partial charge in [-0.2, -0.15) is 0 Å². The third kappa shape index (κ3) is 2.11. The number of aromatic amines is 1. The maximum absolute atomic E-state index is 6.15. The maximum Gasteiger partial charge on any atom is 0.138 e. The lowest BCUT2D eigenvalue weighted by Crippen LogP contribution is -1.87. The number of nitrogen functional groups attached to an aromatic ring is 1. The van der Waals surface area contributed by atoms with Gasteiger partial charge in [0.25, 0.3) is 0 Å². The Kier molecular flexibility index (Phi) is 2.99. The number of hydrogen-bond acceptors (Lipinski definition) is 2. The summed E-state index contributed by atoms with van der Waals surface area (Å²) in [6.07, 6.45) is 0. The van der Waals surface area contributed by atoms with Crippen molar-refractivity contribution in [3.05, 3.63) is 45.4 Å². The molecule has 0 spiro atoms. The molecule has 19 heavy (non-hydrogen) atoms. The number of H-pyrrole nitrogens is 1. The highest BCUT2D eigenvalue weighted by Crippen LogP contribution is 2.31. The Hall–Kier alpha value is -1.52. The van der Waals surface area contributed by atoms with E-state index in [4.69, 9.17) is 17.3 Å². The number of halogens is 2. The summed E-state index contributed by atoms with van der Waals surface area (Å²) < 4.78 is 0.926. The zero-order valence-corrected chi connectivity index (χ0v) is 12.5. The number of benzene rings is 2. The van der Waals surface area contributed by atoms with Crippen molar-refractivity contribution in [2.75, 3.05) is 5.73 Å². The third-order valence-corrected chi connectivity index (χ3v) is 3.97. The summed E-state index contributed by atoms with van der Waals surface area (Å²) in [7, 11) is 0. The number of anilines is 1. The molecule has 3 rings (SSSR count). The fraction of sp³-hybridized carbons (Fsp3) is 0.0714. The highest BCUT2D eigenvalue weighted by molar-refractivity contribution is 9.10. The summed E-state index contributed by atoms with van der Waals surface area (Å²) in [6.45, 7) is 1.98. The van der Waals surface area contributed by atoms with Crippen molar-refractivity contribution in [3.63, 3.8) is 0 Å². The van der Waals surface area contributed by atoms with Crippen molar-refractivity contribution in [3.8, 4) is 11.4 Å². The second kappa shape index (κ2) is 4.54. The van der Waals surface area contributed by atoms with E-state index in [9.17, 15) is 0 Å². The van der Waals surface area contributed by atoms with Crippen LogP contribution in [0.2, 0.25) is 5.02 Å². The lowest BCUT2D eigenvalue weighted by atomic mass is 10.1. The SMILES string of the molecule is Cc1c(Cl)cccc1-c1nc2c(N)cc(Br)cc2[nH]1. The number of rotatable bonds is 1. The van der Waals surface area contributed by atoms with E-state index in [1.54, 1.807) is 0 Å². The molecule has 0 bridgehead atoms. The molecule has 0 aliphatic heterocycles. The van der Waals surface area contributed by atoms with Crippen LogP contribution in [0, 0.1) is 6.92 Å². The molecule has 3 N–H and O–H groups in total. The smallest absolute Gasteiger partial charge is 0.138 e. The van der Waals surface area contributed by atoms with Crippen LogP contribution in [0.1, 0.15) is 5.56 Å². The highest BCUT2D eigenvalue weighted by Gasteiger charge is 2.11. The van der Waals surface area contributed by atoms with Gasteiger partial charge in [0.1, 0.15) is 11.3 Å². The summed E-state index contributed by atoms with van der Waals surface area (Å²) in [5.41, 5.74) is 10.3. The van der Waals surface area contributed by atoms with Gasteiger partial charge in [0.05, 0.1) is 11.2 Å². The fourth-order valence-corrected chi connectivity index (χ4v) is 2.75. The molecule has 1 heterocycles. The van der Waals surface area contributed by atoms with Gasteiger partial charge in [-0.1, -0.05) is 39.7 Å². The predicted octanol–water partition coefficient (Wildman–Crippen LogP) is 4.54. The molecule has 96 valence electrons. The minimum absolute atomic E-state index is 0.645. The van der Waals surface area contributed by atoms with Gasteiger partial charge in [0.2, 0.25) is 0 Å². The topological polar surface area (TPSA) is 54.7 Å². The minimum Gasteiger partial charge on any atom is -0.397 e. The third-order valence-electron chi connectivity index (χ3n) is 3.10. The molecule has 1 aromatic heterocycles. The van der Waals surface area contributed by atoms with E-state index in [-0.39, 0.29) is 0 Å². The highest BCUT2D eigenvalue weighted by atomic mass is 79.9. The summed E-state index contributed by atoms with van der Waals surface area (Å²) in [4.78, 5) is 7.85. The first-order valence-corrected chi connectivity index (χ1v) is 6.93. The standard InChI is InChI=1S/C14H11BrClN3/c1-7-9(3-2-4-10(7)16)14-18-12-6-8(15)5-11(17)13(12)19-14/h2-6H,17H2,1H3,(H,18,19). The van der Waals surface area contributed by atoms with Gasteiger partial charge < -0.3 is 10.7 Å². The lowest BCUT2D eigenvalue weighted by molar-refractivity contribution is 1.31. The Bertz CT molecular complexity index is 780. The molecule has 0 fully saturated rings. The number of imidazole rings is 1. The quantitative estimate of drug-likeness (QED) is 0.641. The first-order valence-electron chi connectivity index (χ1n) is 5.76. The molecule has 0 amide bonds. The zero-order valence-electron chi connectivity index (χ0n) is 10.2. The normalized spacial score (nSPS) is 11.1. The Morgan fingerprint density at radius 1 is 1.32 bits per heavy atom. The van der Waals surface area contributed by atoms with Gasteiger partial charge in [-0.3, -0.25) is 0 Å². The molecule has 0 atom stereocenters. The molecular formula is C14H11BrClN3. The van der Waals surface area contributed by atoms with Gasteiger partial charge in [0.15, 0.2) is 0 Å². The molecule has 2 aromatic carbocycles. The molecule has 0 radical (unpaired) electrons. The van der Waals surface area contributed by atoms with Gasteiger partial charge >= 0.3 is 0 Å². The lowest BCUT2D eigenvalue weighted by Gasteiger charge is -2.03. The Labute approximate surface area is 123 Å². The van der Waals surface area contributed by atoms with Crippen LogP contribution < -0.4 is 5.73 Å². The predicted molar refractivity (Wildman–Crippen MR) is 83.4 cm³/mol. The number of nitrogens with two attached hydrogens (primary N) is 1. The second-order valence-electron chi connectivity index (χ2n) is 4.39. The average molecular weight is 337 g/mol. The van der Waals surface area contributed by atoms with Crippen LogP contribution in [0.5, 0.6) is 0 Å². The maximum atomic E-state index is 6.15. The Morgan fingerprint density at radius 2 is 2.11 bits per heavy atom. The number of fused-ring (bicyclic) bond motifs is 1. The van der Waals surface area contributed by atoms with E-state index in [1.165, 1.54) is 0 Å². The van der Waals surface area contributed by atoms with Crippen LogP contribution in [0.15, 0.2) is 34.8 Å². The van der Waals surface area contributed by atoms with Crippen LogP contribution in [0.25, 0.3) is 22.4 Å². The van der Waals surface area contributed by atoms with Gasteiger partial charge in [0, 0.05) is 15.1 Å². The Balaban J connectivity index is 2.26. The first kappa shape index (κ1) is 12.5. The van der Waals surface area contributed by atoms with E-state index in [0.29, 0.717) is 5.69 Å². The van der Waals surface area contributed by atoms with E-state index in [0.717, 1.165) is 37.5 Å². The summed E-state index contributed by atoms with van der Waals surface area (Å²) in [5, 5.41) is 0.729. The molecule has 5 heteroatoms. The number of nitrogens with zero attached hydrogens (tertiary/aromatic N) is 1. The van der Waals surface area contributed by atoms with Crippen LogP contribution in [0.3, 0.4) is 0 Å². The van der Waals surface area contributed by atoms with Crippen molar-refractivity contribution in [2.45, 2.75) is 6.92 Å². The Morgan fingerprint density at radius 3 is 2.89 bits per heavy atom. The first-order chi connectivity index (χ1) is 9.06. The largest absolute Gasteiger partial charge is 0.397 e. The summed E-state index contributed by atoms with van der Waals surface area (Å²) >= 11 is 9.57. The van der Waals surface area contributed by atoms with E-state index in [1.807, 2.05) is 37.3 Å². The summed E-state index contributed by atoms with van der Waals surface area (Å²) in [6, 6.07) is 9.58. The molecule has 3 nitrogen and oxygen atoms in total. The molecule has 0 unspecified atom stereocenters. The van der Waals surface area contributed by atoms with Gasteiger partial charge in [-0.15, -0.1) is 0 Å². The van der Waals surface area contributed by atoms with Crippen molar-refractivity contribution in [2.24, 2.45) is 0 Å². The van der Waals surface area contributed by atoms with Crippen molar-refractivity contribution >= 4 is 44.3 Å². The monoisotopic (exact) mass is 335 g/mol. The second-order valence-corrected chi connectivity index (χ2v) is 5.71. The van der Waals surface area contributed by atoms with E-state index >= 15 is 0 Å². The minimum atomic E-state index is 0.645. The van der Waals surface area contributed by atoms with Crippen LogP contribution in [-0.4, -0.2) is 9.97 Å². The van der Waals surface area contributed by atoms with E-state index in [2.05, 4.69) is 25.9 Å². The molecule has 0 aliphatic carbocycles. The van der Waals surface area contributed by atoms with Gasteiger partial charge in [-0.25, -0.2) is 4.98 Å². The van der Waals surface area contributed by atoms with Crippen LogP contribution >= 0.6 is 27.5 Å². The molecule has 0 saturated carbocycles. The van der Waals surface area contributed by atoms with Crippen LogP contribution in [0.4, 0.5) is 5.69 Å². The fourth-order valence-electron chi connectivity index (χ4n) is 2.10. The van der Waals surface area contributed by atoms with Crippen molar-refractivity contribution in [1.29, 1.82) is 0 Å². The molecule has 3 aromatic rings. The number of aromatic nitrogens is 2. The molecular weight excluding hydrogens is 326 g/mol. The molecule has 0 aliphatic rings. The van der Waals surface area contributed by atoms with Gasteiger partial charge in [-0.05, 0) is 30.7 Å².